The first-order valence-electron chi connectivity index (χ1n) is 8.09. The molecule has 2 aromatic carbocycles. The Kier molecular flexibility index (Phi) is 6.21. The number of aliphatic hydroxyl groups excluding tert-OH is 1. The summed E-state index contributed by atoms with van der Waals surface area (Å²) in [7, 11) is 0. The van der Waals surface area contributed by atoms with Crippen molar-refractivity contribution in [2.45, 2.75) is 12.5 Å². The lowest BCUT2D eigenvalue weighted by Gasteiger charge is -2.13. The van der Waals surface area contributed by atoms with Gasteiger partial charge < -0.3 is 19.6 Å². The number of rotatable bonds is 8. The highest BCUT2D eigenvalue weighted by molar-refractivity contribution is 6.42. The molecule has 0 saturated heterocycles. The molecule has 0 bridgehead atoms. The summed E-state index contributed by atoms with van der Waals surface area (Å²) in [5, 5.41) is 14.2. The maximum absolute atomic E-state index is 11.1. The van der Waals surface area contributed by atoms with E-state index < -0.39 is 11.9 Å². The number of aromatic amines is 1. The molecule has 0 spiro atoms. The van der Waals surface area contributed by atoms with Gasteiger partial charge in [-0.25, -0.2) is 4.79 Å². The zero-order chi connectivity index (χ0) is 18.5. The van der Waals surface area contributed by atoms with Crippen LogP contribution in [0.5, 0.6) is 5.75 Å². The van der Waals surface area contributed by atoms with E-state index in [9.17, 15) is 9.90 Å². The van der Waals surface area contributed by atoms with Gasteiger partial charge in [0.2, 0.25) is 0 Å². The molecule has 3 N–H and O–H groups in total. The minimum Gasteiger partial charge on any atom is -0.491 e. The number of benzene rings is 2. The second kappa shape index (κ2) is 8.60. The van der Waals surface area contributed by atoms with E-state index in [4.69, 9.17) is 32.4 Å². The van der Waals surface area contributed by atoms with Crippen molar-refractivity contribution in [1.29, 1.82) is 0 Å². The Balaban J connectivity index is 1.40. The Bertz CT molecular complexity index is 938. The number of oxazole rings is 1. The third-order valence-corrected chi connectivity index (χ3v) is 4.53. The van der Waals surface area contributed by atoms with Crippen LogP contribution in [0, 0.1) is 0 Å². The van der Waals surface area contributed by atoms with Crippen LogP contribution in [-0.2, 0) is 6.42 Å². The molecule has 6 nitrogen and oxygen atoms in total. The van der Waals surface area contributed by atoms with Crippen LogP contribution < -0.4 is 15.8 Å². The van der Waals surface area contributed by atoms with E-state index in [0.29, 0.717) is 40.0 Å². The fourth-order valence-electron chi connectivity index (χ4n) is 2.46. The van der Waals surface area contributed by atoms with Crippen molar-refractivity contribution in [2.24, 2.45) is 0 Å². The van der Waals surface area contributed by atoms with Crippen LogP contribution >= 0.6 is 23.2 Å². The van der Waals surface area contributed by atoms with E-state index in [1.807, 2.05) is 12.1 Å². The standard InChI is InChI=1S/C18H18Cl2N2O4/c19-14-3-1-11(7-15(14)20)5-6-21-9-12(23)10-25-13-2-4-16-17(8-13)26-18(24)22-16/h1-4,7-8,12,21,23H,5-6,9-10H2,(H,22,24)/t12-/m0/s1. The monoisotopic (exact) mass is 396 g/mol. The summed E-state index contributed by atoms with van der Waals surface area (Å²) in [6.45, 7) is 1.21. The Hall–Kier alpha value is -1.99. The SMILES string of the molecule is O=c1[nH]c2ccc(OC[C@@H](O)CNCCc3ccc(Cl)c(Cl)c3)cc2o1. The molecule has 1 atom stereocenters. The van der Waals surface area contributed by atoms with Gasteiger partial charge in [0, 0.05) is 12.6 Å². The van der Waals surface area contributed by atoms with Crippen LogP contribution in [0.1, 0.15) is 5.56 Å². The molecule has 0 aliphatic rings. The molecule has 0 aliphatic heterocycles. The molecule has 0 unspecified atom stereocenters. The zero-order valence-corrected chi connectivity index (χ0v) is 15.3. The summed E-state index contributed by atoms with van der Waals surface area (Å²) in [5.41, 5.74) is 2.09. The predicted octanol–water partition coefficient (Wildman–Crippen LogP) is 3.00. The zero-order valence-electron chi connectivity index (χ0n) is 13.8. The van der Waals surface area contributed by atoms with Crippen LogP contribution in [0.2, 0.25) is 10.0 Å². The van der Waals surface area contributed by atoms with Crippen molar-refractivity contribution >= 4 is 34.3 Å². The number of nitrogens with one attached hydrogen (secondary N) is 2. The maximum Gasteiger partial charge on any atom is 0.417 e. The molecular formula is C18H18Cl2N2O4. The Labute approximate surface area is 159 Å². The van der Waals surface area contributed by atoms with Gasteiger partial charge >= 0.3 is 5.76 Å². The number of hydrogen-bond acceptors (Lipinski definition) is 5. The molecule has 0 saturated carbocycles. The van der Waals surface area contributed by atoms with Crippen LogP contribution in [0.3, 0.4) is 0 Å². The third-order valence-electron chi connectivity index (χ3n) is 3.79. The smallest absolute Gasteiger partial charge is 0.417 e. The van der Waals surface area contributed by atoms with Gasteiger partial charge in [-0.2, -0.15) is 0 Å². The normalized spacial score (nSPS) is 12.4. The highest BCUT2D eigenvalue weighted by atomic mass is 35.5. The quantitative estimate of drug-likeness (QED) is 0.509. The molecule has 26 heavy (non-hydrogen) atoms. The molecule has 8 heteroatoms. The van der Waals surface area contributed by atoms with Crippen molar-refractivity contribution in [3.63, 3.8) is 0 Å². The lowest BCUT2D eigenvalue weighted by atomic mass is 10.1. The first-order valence-corrected chi connectivity index (χ1v) is 8.85. The largest absolute Gasteiger partial charge is 0.491 e. The fraction of sp³-hybridized carbons (Fsp3) is 0.278. The number of hydrogen-bond donors (Lipinski definition) is 3. The Morgan fingerprint density at radius 1 is 1.19 bits per heavy atom. The lowest BCUT2D eigenvalue weighted by Crippen LogP contribution is -2.32. The Morgan fingerprint density at radius 3 is 2.85 bits per heavy atom. The van der Waals surface area contributed by atoms with Crippen molar-refractivity contribution in [2.75, 3.05) is 19.7 Å². The molecule has 1 heterocycles. The number of fused-ring (bicyclic) bond motifs is 1. The van der Waals surface area contributed by atoms with Crippen molar-refractivity contribution in [1.82, 2.24) is 10.3 Å². The Morgan fingerprint density at radius 2 is 2.04 bits per heavy atom. The lowest BCUT2D eigenvalue weighted by molar-refractivity contribution is 0.106. The molecule has 1 aromatic heterocycles. The fourth-order valence-corrected chi connectivity index (χ4v) is 2.78. The van der Waals surface area contributed by atoms with E-state index in [2.05, 4.69) is 10.3 Å². The number of aromatic nitrogens is 1. The summed E-state index contributed by atoms with van der Waals surface area (Å²) in [6.07, 6.45) is 0.103. The van der Waals surface area contributed by atoms with Crippen LogP contribution in [-0.4, -0.2) is 35.9 Å². The summed E-state index contributed by atoms with van der Waals surface area (Å²) in [6, 6.07) is 10.5. The van der Waals surface area contributed by atoms with Gasteiger partial charge in [-0.05, 0) is 42.8 Å². The molecule has 0 amide bonds. The average molecular weight is 397 g/mol. The van der Waals surface area contributed by atoms with Gasteiger partial charge in [0.1, 0.15) is 18.5 Å². The highest BCUT2D eigenvalue weighted by Crippen LogP contribution is 2.22. The number of aliphatic hydroxyl groups is 1. The molecule has 0 aliphatic carbocycles. The summed E-state index contributed by atoms with van der Waals surface area (Å²) >= 11 is 11.9. The molecule has 138 valence electrons. The van der Waals surface area contributed by atoms with Crippen molar-refractivity contribution in [3.05, 3.63) is 62.6 Å². The summed E-state index contributed by atoms with van der Waals surface area (Å²) in [5.74, 6) is 0.0125. The van der Waals surface area contributed by atoms with Crippen molar-refractivity contribution in [3.8, 4) is 5.75 Å². The minimum atomic E-state index is -0.669. The van der Waals surface area contributed by atoms with Gasteiger partial charge in [-0.3, -0.25) is 4.98 Å². The van der Waals surface area contributed by atoms with Gasteiger partial charge in [-0.1, -0.05) is 29.3 Å². The van der Waals surface area contributed by atoms with E-state index >= 15 is 0 Å². The number of ether oxygens (including phenoxy) is 1. The second-order valence-electron chi connectivity index (χ2n) is 5.84. The number of halogens is 2. The highest BCUT2D eigenvalue weighted by Gasteiger charge is 2.07. The van der Waals surface area contributed by atoms with Crippen molar-refractivity contribution < 1.29 is 14.3 Å². The summed E-state index contributed by atoms with van der Waals surface area (Å²) in [4.78, 5) is 13.7. The van der Waals surface area contributed by atoms with Gasteiger partial charge in [0.25, 0.3) is 0 Å². The van der Waals surface area contributed by atoms with Crippen LogP contribution in [0.15, 0.2) is 45.6 Å². The topological polar surface area (TPSA) is 87.5 Å². The first-order chi connectivity index (χ1) is 12.5. The van der Waals surface area contributed by atoms with Crippen LogP contribution in [0.25, 0.3) is 11.1 Å². The first kappa shape index (κ1) is 18.8. The second-order valence-corrected chi connectivity index (χ2v) is 6.65. The molecular weight excluding hydrogens is 379 g/mol. The van der Waals surface area contributed by atoms with Gasteiger partial charge in [0.05, 0.1) is 15.6 Å². The third kappa shape index (κ3) is 5.02. The van der Waals surface area contributed by atoms with Crippen LogP contribution in [0.4, 0.5) is 0 Å². The molecule has 3 aromatic rings. The average Bonchev–Trinajstić information content (AvgIpc) is 2.99. The van der Waals surface area contributed by atoms with Gasteiger partial charge in [0.15, 0.2) is 5.58 Å². The number of H-pyrrole nitrogens is 1. The maximum atomic E-state index is 11.1. The predicted molar refractivity (Wildman–Crippen MR) is 101 cm³/mol. The van der Waals surface area contributed by atoms with E-state index in [1.165, 1.54) is 0 Å². The molecule has 0 radical (unpaired) electrons. The van der Waals surface area contributed by atoms with Gasteiger partial charge in [-0.15, -0.1) is 0 Å². The minimum absolute atomic E-state index is 0.125. The summed E-state index contributed by atoms with van der Waals surface area (Å²) < 4.78 is 10.5. The van der Waals surface area contributed by atoms with E-state index in [0.717, 1.165) is 12.0 Å². The van der Waals surface area contributed by atoms with E-state index in [-0.39, 0.29) is 6.61 Å². The molecule has 0 fully saturated rings. The van der Waals surface area contributed by atoms with E-state index in [1.54, 1.807) is 24.3 Å². The molecule has 3 rings (SSSR count).